The summed E-state index contributed by atoms with van der Waals surface area (Å²) in [6.07, 6.45) is 0. The second-order valence-corrected chi connectivity index (χ2v) is 8.40. The summed E-state index contributed by atoms with van der Waals surface area (Å²) in [5.41, 5.74) is 5.92. The van der Waals surface area contributed by atoms with Crippen molar-refractivity contribution in [3.05, 3.63) is 58.6 Å². The number of nitrogens with zero attached hydrogens (tertiary/aromatic N) is 1. The number of hydrogen-bond donors (Lipinski definition) is 2. The van der Waals surface area contributed by atoms with E-state index in [1.54, 1.807) is 0 Å². The lowest BCUT2D eigenvalue weighted by Gasteiger charge is -2.26. The molecule has 2 aromatic rings. The number of rotatable bonds is 5. The highest BCUT2D eigenvalue weighted by molar-refractivity contribution is 7.89. The van der Waals surface area contributed by atoms with Gasteiger partial charge in [-0.1, -0.05) is 11.6 Å². The molecule has 8 nitrogen and oxygen atoms in total. The van der Waals surface area contributed by atoms with Crippen LogP contribution in [-0.2, 0) is 14.8 Å². The van der Waals surface area contributed by atoms with Crippen molar-refractivity contribution in [3.63, 3.8) is 0 Å². The summed E-state index contributed by atoms with van der Waals surface area (Å²) < 4.78 is 32.1. The van der Waals surface area contributed by atoms with Crippen LogP contribution in [0.1, 0.15) is 20.7 Å². The van der Waals surface area contributed by atoms with E-state index in [0.717, 1.165) is 0 Å². The van der Waals surface area contributed by atoms with Crippen LogP contribution in [-0.4, -0.2) is 50.8 Å². The van der Waals surface area contributed by atoms with Gasteiger partial charge in [-0.15, -0.1) is 0 Å². The van der Waals surface area contributed by atoms with E-state index in [9.17, 15) is 18.0 Å². The van der Waals surface area contributed by atoms with E-state index in [0.29, 0.717) is 24.5 Å². The zero-order valence-corrected chi connectivity index (χ0v) is 16.3. The highest BCUT2D eigenvalue weighted by atomic mass is 35.5. The molecule has 3 N–H and O–H groups in total. The lowest BCUT2D eigenvalue weighted by atomic mass is 10.1. The van der Waals surface area contributed by atoms with Crippen molar-refractivity contribution in [3.8, 4) is 0 Å². The van der Waals surface area contributed by atoms with Crippen molar-refractivity contribution < 1.29 is 22.7 Å². The molecule has 0 aromatic heterocycles. The second kappa shape index (κ2) is 8.27. The molecular formula is C18H18ClN3O5S. The van der Waals surface area contributed by atoms with Gasteiger partial charge >= 0.3 is 0 Å². The fraction of sp³-hybridized carbons (Fsp3) is 0.222. The standard InChI is InChI=1S/C18H18ClN3O5S/c19-16-6-5-14(28(25,26)22-7-9-27-10-8-22)11-15(16)18(24)21-13-3-1-12(2-4-13)17(20)23/h1-6,11H,7-10H2,(H2,20,23)(H,21,24). The molecule has 0 bridgehead atoms. The average molecular weight is 424 g/mol. The molecule has 2 amide bonds. The normalized spacial score (nSPS) is 15.2. The number of carbonyl (C=O) groups is 2. The Hall–Kier alpha value is -2.46. The monoisotopic (exact) mass is 423 g/mol. The molecule has 0 saturated carbocycles. The van der Waals surface area contributed by atoms with E-state index in [1.807, 2.05) is 0 Å². The fourth-order valence-corrected chi connectivity index (χ4v) is 4.33. The predicted octanol–water partition coefficient (Wildman–Crippen LogP) is 1.71. The summed E-state index contributed by atoms with van der Waals surface area (Å²) >= 11 is 6.11. The molecule has 0 spiro atoms. The SMILES string of the molecule is NC(=O)c1ccc(NC(=O)c2cc(S(=O)(=O)N3CCOCC3)ccc2Cl)cc1. The molecular weight excluding hydrogens is 406 g/mol. The summed E-state index contributed by atoms with van der Waals surface area (Å²) in [7, 11) is -3.76. The Labute approximate surface area is 167 Å². The molecule has 0 aliphatic carbocycles. The lowest BCUT2D eigenvalue weighted by Crippen LogP contribution is -2.40. The number of halogens is 1. The zero-order valence-electron chi connectivity index (χ0n) is 14.7. The minimum absolute atomic E-state index is 0.0203. The first-order chi connectivity index (χ1) is 13.3. The molecule has 0 radical (unpaired) electrons. The first-order valence-electron chi connectivity index (χ1n) is 8.38. The van der Waals surface area contributed by atoms with Crippen molar-refractivity contribution in [2.75, 3.05) is 31.6 Å². The number of hydrogen-bond acceptors (Lipinski definition) is 5. The minimum Gasteiger partial charge on any atom is -0.379 e. The molecule has 1 aliphatic rings. The molecule has 0 unspecified atom stereocenters. The number of amides is 2. The maximum Gasteiger partial charge on any atom is 0.257 e. The third-order valence-corrected chi connectivity index (χ3v) is 6.44. The van der Waals surface area contributed by atoms with E-state index >= 15 is 0 Å². The van der Waals surface area contributed by atoms with Gasteiger partial charge in [-0.05, 0) is 42.5 Å². The van der Waals surface area contributed by atoms with Gasteiger partial charge in [0.2, 0.25) is 15.9 Å². The Bertz CT molecular complexity index is 1000. The summed E-state index contributed by atoms with van der Waals surface area (Å²) in [5.74, 6) is -1.15. The van der Waals surface area contributed by atoms with Crippen LogP contribution >= 0.6 is 11.6 Å². The first-order valence-corrected chi connectivity index (χ1v) is 10.2. The van der Waals surface area contributed by atoms with Crippen LogP contribution in [0.25, 0.3) is 0 Å². The van der Waals surface area contributed by atoms with Crippen LogP contribution in [0.5, 0.6) is 0 Å². The van der Waals surface area contributed by atoms with Crippen LogP contribution in [0.2, 0.25) is 5.02 Å². The van der Waals surface area contributed by atoms with Gasteiger partial charge in [0.1, 0.15) is 0 Å². The van der Waals surface area contributed by atoms with Crippen LogP contribution in [0.3, 0.4) is 0 Å². The van der Waals surface area contributed by atoms with Gasteiger partial charge in [0, 0.05) is 24.3 Å². The van der Waals surface area contributed by atoms with Crippen molar-refractivity contribution in [2.24, 2.45) is 5.73 Å². The average Bonchev–Trinajstić information content (AvgIpc) is 2.69. The topological polar surface area (TPSA) is 119 Å². The molecule has 28 heavy (non-hydrogen) atoms. The lowest BCUT2D eigenvalue weighted by molar-refractivity contribution is 0.0730. The largest absolute Gasteiger partial charge is 0.379 e. The number of sulfonamides is 1. The Morgan fingerprint density at radius 3 is 2.32 bits per heavy atom. The number of benzene rings is 2. The number of nitrogens with two attached hydrogens (primary N) is 1. The van der Waals surface area contributed by atoms with Gasteiger partial charge < -0.3 is 15.8 Å². The molecule has 1 heterocycles. The number of ether oxygens (including phenoxy) is 1. The van der Waals surface area contributed by atoms with Gasteiger partial charge in [0.15, 0.2) is 0 Å². The zero-order chi connectivity index (χ0) is 20.3. The second-order valence-electron chi connectivity index (χ2n) is 6.05. The van der Waals surface area contributed by atoms with Gasteiger partial charge in [0.05, 0.1) is 28.7 Å². The maximum atomic E-state index is 12.8. The van der Waals surface area contributed by atoms with Gasteiger partial charge in [-0.25, -0.2) is 8.42 Å². The Balaban J connectivity index is 1.84. The van der Waals surface area contributed by atoms with E-state index in [-0.39, 0.29) is 28.6 Å². The van der Waals surface area contributed by atoms with E-state index in [4.69, 9.17) is 22.1 Å². The summed E-state index contributed by atoms with van der Waals surface area (Å²) in [6, 6.07) is 9.96. The molecule has 0 atom stereocenters. The third-order valence-electron chi connectivity index (χ3n) is 4.22. The molecule has 10 heteroatoms. The van der Waals surface area contributed by atoms with Gasteiger partial charge in [-0.3, -0.25) is 9.59 Å². The molecule has 148 valence electrons. The highest BCUT2D eigenvalue weighted by Crippen LogP contribution is 2.24. The smallest absolute Gasteiger partial charge is 0.257 e. The van der Waals surface area contributed by atoms with Gasteiger partial charge in [0.25, 0.3) is 5.91 Å². The Morgan fingerprint density at radius 2 is 1.71 bits per heavy atom. The first kappa shape index (κ1) is 20.3. The number of nitrogens with one attached hydrogen (secondary N) is 1. The van der Waals surface area contributed by atoms with E-state index in [1.165, 1.54) is 46.8 Å². The van der Waals surface area contributed by atoms with Crippen molar-refractivity contribution in [1.29, 1.82) is 0 Å². The van der Waals surface area contributed by atoms with Crippen LogP contribution in [0.15, 0.2) is 47.4 Å². The molecule has 2 aromatic carbocycles. The molecule has 3 rings (SSSR count). The van der Waals surface area contributed by atoms with Crippen molar-refractivity contribution in [1.82, 2.24) is 4.31 Å². The summed E-state index contributed by atoms with van der Waals surface area (Å²) in [6.45, 7) is 1.14. The van der Waals surface area contributed by atoms with E-state index < -0.39 is 21.8 Å². The van der Waals surface area contributed by atoms with Crippen molar-refractivity contribution in [2.45, 2.75) is 4.90 Å². The third kappa shape index (κ3) is 4.33. The minimum atomic E-state index is -3.76. The number of anilines is 1. The predicted molar refractivity (Wildman–Crippen MR) is 104 cm³/mol. The molecule has 1 saturated heterocycles. The number of primary amides is 1. The number of carbonyl (C=O) groups excluding carboxylic acids is 2. The van der Waals surface area contributed by atoms with Gasteiger partial charge in [-0.2, -0.15) is 4.31 Å². The van der Waals surface area contributed by atoms with Crippen LogP contribution in [0.4, 0.5) is 5.69 Å². The fourth-order valence-electron chi connectivity index (χ4n) is 2.69. The van der Waals surface area contributed by atoms with Crippen LogP contribution < -0.4 is 11.1 Å². The van der Waals surface area contributed by atoms with E-state index in [2.05, 4.69) is 5.32 Å². The number of morpholine rings is 1. The molecule has 1 fully saturated rings. The maximum absolute atomic E-state index is 12.8. The Kier molecular flexibility index (Phi) is 5.99. The van der Waals surface area contributed by atoms with Crippen LogP contribution in [0, 0.1) is 0 Å². The summed E-state index contributed by atoms with van der Waals surface area (Å²) in [5, 5.41) is 2.74. The molecule has 1 aliphatic heterocycles. The van der Waals surface area contributed by atoms with Crippen molar-refractivity contribution >= 4 is 39.1 Å². The summed E-state index contributed by atoms with van der Waals surface area (Å²) in [4.78, 5) is 23.7. The highest BCUT2D eigenvalue weighted by Gasteiger charge is 2.27. The Morgan fingerprint density at radius 1 is 1.07 bits per heavy atom. The quantitative estimate of drug-likeness (QED) is 0.758.